The van der Waals surface area contributed by atoms with Crippen LogP contribution in [0.4, 0.5) is 4.39 Å². The highest BCUT2D eigenvalue weighted by Gasteiger charge is 2.13. The molecule has 0 aliphatic heterocycles. The summed E-state index contributed by atoms with van der Waals surface area (Å²) in [6.07, 6.45) is 0.584. The lowest BCUT2D eigenvalue weighted by atomic mass is 10.1. The molecule has 0 fully saturated rings. The Labute approximate surface area is 107 Å². The Balaban J connectivity index is 2.67. The summed E-state index contributed by atoms with van der Waals surface area (Å²) in [6.45, 7) is 6.05. The maximum atomic E-state index is 13.7. The fraction of sp³-hybridized carbons (Fsp3) is 0.538. The number of benzene rings is 1. The maximum Gasteiger partial charge on any atom is 0.145 e. The van der Waals surface area contributed by atoms with Crippen LogP contribution in [0.1, 0.15) is 19.4 Å². The van der Waals surface area contributed by atoms with Gasteiger partial charge in [0.2, 0.25) is 0 Å². The van der Waals surface area contributed by atoms with E-state index in [0.717, 1.165) is 6.54 Å². The number of ether oxygens (including phenoxy) is 1. The average Bonchev–Trinajstić information content (AvgIpc) is 2.32. The van der Waals surface area contributed by atoms with Crippen molar-refractivity contribution in [2.45, 2.75) is 26.3 Å². The molecule has 1 rings (SSSR count). The van der Waals surface area contributed by atoms with E-state index in [-0.39, 0.29) is 16.9 Å². The minimum Gasteiger partial charge on any atom is -0.380 e. The van der Waals surface area contributed by atoms with Gasteiger partial charge in [-0.2, -0.15) is 0 Å². The molecule has 0 aromatic heterocycles. The Hall–Kier alpha value is -0.640. The van der Waals surface area contributed by atoms with Crippen molar-refractivity contribution in [2.24, 2.45) is 0 Å². The minimum absolute atomic E-state index is 0.118. The third-order valence-corrected chi connectivity index (χ3v) is 2.81. The van der Waals surface area contributed by atoms with Crippen LogP contribution in [0.2, 0.25) is 5.02 Å². The van der Waals surface area contributed by atoms with Crippen LogP contribution in [-0.2, 0) is 11.2 Å². The van der Waals surface area contributed by atoms with E-state index in [1.807, 2.05) is 13.8 Å². The highest BCUT2D eigenvalue weighted by molar-refractivity contribution is 6.30. The van der Waals surface area contributed by atoms with Crippen LogP contribution in [0.15, 0.2) is 18.2 Å². The first-order valence-corrected chi connectivity index (χ1v) is 6.30. The average molecular weight is 260 g/mol. The van der Waals surface area contributed by atoms with Crippen molar-refractivity contribution in [3.63, 3.8) is 0 Å². The third-order valence-electron chi connectivity index (χ3n) is 2.51. The van der Waals surface area contributed by atoms with Crippen molar-refractivity contribution in [1.82, 2.24) is 5.32 Å². The minimum atomic E-state index is -0.325. The summed E-state index contributed by atoms with van der Waals surface area (Å²) in [5.74, 6) is -0.325. The molecule has 1 aromatic carbocycles. The molecule has 1 N–H and O–H groups in total. The normalized spacial score (nSPS) is 12.7. The van der Waals surface area contributed by atoms with Crippen LogP contribution in [0.25, 0.3) is 0 Å². The number of rotatable bonds is 7. The number of halogens is 2. The number of likely N-dealkylation sites (N-methyl/N-ethyl adjacent to an activating group) is 1. The summed E-state index contributed by atoms with van der Waals surface area (Å²) in [5, 5.41) is 3.45. The quantitative estimate of drug-likeness (QED) is 0.813. The van der Waals surface area contributed by atoms with Gasteiger partial charge in [-0.25, -0.2) is 4.39 Å². The molecule has 17 heavy (non-hydrogen) atoms. The zero-order chi connectivity index (χ0) is 12.7. The molecule has 0 radical (unpaired) electrons. The molecule has 0 bridgehead atoms. The molecule has 1 unspecified atom stereocenters. The molecule has 0 amide bonds. The summed E-state index contributed by atoms with van der Waals surface area (Å²) < 4.78 is 19.1. The van der Waals surface area contributed by atoms with Gasteiger partial charge in [-0.3, -0.25) is 0 Å². The van der Waals surface area contributed by atoms with Crippen molar-refractivity contribution >= 4 is 11.6 Å². The van der Waals surface area contributed by atoms with Crippen LogP contribution < -0.4 is 5.32 Å². The van der Waals surface area contributed by atoms with Crippen molar-refractivity contribution in [3.05, 3.63) is 34.6 Å². The summed E-state index contributed by atoms with van der Waals surface area (Å²) >= 11 is 5.75. The van der Waals surface area contributed by atoms with Gasteiger partial charge in [0.1, 0.15) is 5.82 Å². The topological polar surface area (TPSA) is 21.3 Å². The lowest BCUT2D eigenvalue weighted by Crippen LogP contribution is -2.35. The van der Waals surface area contributed by atoms with Crippen LogP contribution >= 0.6 is 11.6 Å². The molecule has 0 heterocycles. The molecular weight excluding hydrogens is 241 g/mol. The Morgan fingerprint density at radius 3 is 2.82 bits per heavy atom. The molecule has 1 atom stereocenters. The lowest BCUT2D eigenvalue weighted by Gasteiger charge is -2.18. The fourth-order valence-corrected chi connectivity index (χ4v) is 1.90. The summed E-state index contributed by atoms with van der Waals surface area (Å²) in [4.78, 5) is 0. The Bertz CT molecular complexity index is 346. The highest BCUT2D eigenvalue weighted by Crippen LogP contribution is 2.19. The molecule has 2 nitrogen and oxygen atoms in total. The van der Waals surface area contributed by atoms with E-state index < -0.39 is 0 Å². The second-order valence-electron chi connectivity index (χ2n) is 3.83. The van der Waals surface area contributed by atoms with Gasteiger partial charge in [0, 0.05) is 12.6 Å². The Kier molecular flexibility index (Phi) is 6.48. The predicted octanol–water partition coefficient (Wildman–Crippen LogP) is 3.04. The first-order chi connectivity index (χ1) is 8.19. The molecule has 0 saturated heterocycles. The van der Waals surface area contributed by atoms with Gasteiger partial charge in [-0.1, -0.05) is 30.7 Å². The number of nitrogens with one attached hydrogen (secondary N) is 1. The van der Waals surface area contributed by atoms with Crippen LogP contribution in [-0.4, -0.2) is 25.8 Å². The Morgan fingerprint density at radius 1 is 1.41 bits per heavy atom. The van der Waals surface area contributed by atoms with Gasteiger partial charge in [-0.05, 0) is 31.5 Å². The summed E-state index contributed by atoms with van der Waals surface area (Å²) in [7, 11) is 0. The van der Waals surface area contributed by atoms with Crippen molar-refractivity contribution in [3.8, 4) is 0 Å². The standard InChI is InChI=1S/C13H19ClFNO/c1-3-16-11(9-17-4-2)8-10-6-5-7-12(14)13(10)15/h5-7,11,16H,3-4,8-9H2,1-2H3. The van der Waals surface area contributed by atoms with Gasteiger partial charge < -0.3 is 10.1 Å². The molecule has 0 aliphatic rings. The van der Waals surface area contributed by atoms with E-state index in [0.29, 0.717) is 25.2 Å². The van der Waals surface area contributed by atoms with Gasteiger partial charge >= 0.3 is 0 Å². The largest absolute Gasteiger partial charge is 0.380 e. The van der Waals surface area contributed by atoms with Crippen LogP contribution in [0.5, 0.6) is 0 Å². The third kappa shape index (κ3) is 4.62. The summed E-state index contributed by atoms with van der Waals surface area (Å²) in [5.41, 5.74) is 0.628. The fourth-order valence-electron chi connectivity index (χ4n) is 1.71. The lowest BCUT2D eigenvalue weighted by molar-refractivity contribution is 0.123. The molecule has 4 heteroatoms. The molecule has 0 aliphatic carbocycles. The van der Waals surface area contributed by atoms with Crippen LogP contribution in [0.3, 0.4) is 0 Å². The van der Waals surface area contributed by atoms with Gasteiger partial charge in [0.25, 0.3) is 0 Å². The maximum absolute atomic E-state index is 13.7. The zero-order valence-electron chi connectivity index (χ0n) is 10.3. The van der Waals surface area contributed by atoms with Crippen molar-refractivity contribution < 1.29 is 9.13 Å². The van der Waals surface area contributed by atoms with E-state index in [2.05, 4.69) is 5.32 Å². The molecule has 96 valence electrons. The van der Waals surface area contributed by atoms with Gasteiger partial charge in [-0.15, -0.1) is 0 Å². The first kappa shape index (κ1) is 14.4. The smallest absolute Gasteiger partial charge is 0.145 e. The number of hydrogen-bond donors (Lipinski definition) is 1. The Morgan fingerprint density at radius 2 is 2.18 bits per heavy atom. The van der Waals surface area contributed by atoms with Gasteiger partial charge in [0.15, 0.2) is 0 Å². The van der Waals surface area contributed by atoms with Gasteiger partial charge in [0.05, 0.1) is 11.6 Å². The SMILES string of the molecule is CCNC(COCC)Cc1cccc(Cl)c1F. The van der Waals surface area contributed by atoms with Crippen molar-refractivity contribution in [2.75, 3.05) is 19.8 Å². The van der Waals surface area contributed by atoms with Crippen LogP contribution in [0, 0.1) is 5.82 Å². The highest BCUT2D eigenvalue weighted by atomic mass is 35.5. The predicted molar refractivity (Wildman–Crippen MR) is 69.1 cm³/mol. The molecule has 0 spiro atoms. The van der Waals surface area contributed by atoms with E-state index in [9.17, 15) is 4.39 Å². The van der Waals surface area contributed by atoms with E-state index in [1.54, 1.807) is 18.2 Å². The first-order valence-electron chi connectivity index (χ1n) is 5.93. The van der Waals surface area contributed by atoms with E-state index in [4.69, 9.17) is 16.3 Å². The van der Waals surface area contributed by atoms with E-state index in [1.165, 1.54) is 0 Å². The van der Waals surface area contributed by atoms with E-state index >= 15 is 0 Å². The monoisotopic (exact) mass is 259 g/mol. The zero-order valence-corrected chi connectivity index (χ0v) is 11.1. The second-order valence-corrected chi connectivity index (χ2v) is 4.24. The number of hydrogen-bond acceptors (Lipinski definition) is 2. The summed E-state index contributed by atoms with van der Waals surface area (Å²) in [6, 6.07) is 5.21. The molecule has 0 saturated carbocycles. The molecular formula is C13H19ClFNO. The second kappa shape index (κ2) is 7.64. The van der Waals surface area contributed by atoms with Crippen molar-refractivity contribution in [1.29, 1.82) is 0 Å². The molecule has 1 aromatic rings.